The lowest BCUT2D eigenvalue weighted by molar-refractivity contribution is -0.116. The number of carbonyl (C=O) groups excluding carboxylic acids is 1. The van der Waals surface area contributed by atoms with Crippen LogP contribution in [0.4, 0.5) is 5.13 Å². The van der Waals surface area contributed by atoms with Crippen molar-refractivity contribution < 1.29 is 4.79 Å². The third-order valence-corrected chi connectivity index (χ3v) is 4.44. The highest BCUT2D eigenvalue weighted by atomic mass is 32.1. The average Bonchev–Trinajstić information content (AvgIpc) is 3.07. The van der Waals surface area contributed by atoms with Gasteiger partial charge < -0.3 is 5.32 Å². The maximum Gasteiger partial charge on any atom is 0.226 e. The SMILES string of the molecule is O=C(CCCc1nc2ccccc2s1)Nc1nncs1. The summed E-state index contributed by atoms with van der Waals surface area (Å²) >= 11 is 3.01. The van der Waals surface area contributed by atoms with Gasteiger partial charge >= 0.3 is 0 Å². The number of carbonyl (C=O) groups is 1. The number of para-hydroxylation sites is 1. The number of hydrogen-bond acceptors (Lipinski definition) is 6. The van der Waals surface area contributed by atoms with Crippen molar-refractivity contribution in [3.63, 3.8) is 0 Å². The van der Waals surface area contributed by atoms with E-state index in [0.29, 0.717) is 11.6 Å². The van der Waals surface area contributed by atoms with Crippen LogP contribution in [0.3, 0.4) is 0 Å². The number of amides is 1. The molecule has 1 aromatic carbocycles. The molecule has 7 heteroatoms. The van der Waals surface area contributed by atoms with Gasteiger partial charge in [0, 0.05) is 6.42 Å². The first-order valence-corrected chi connectivity index (χ1v) is 7.91. The summed E-state index contributed by atoms with van der Waals surface area (Å²) in [6, 6.07) is 8.08. The van der Waals surface area contributed by atoms with Gasteiger partial charge in [-0.25, -0.2) is 4.98 Å². The van der Waals surface area contributed by atoms with E-state index in [1.807, 2.05) is 18.2 Å². The summed E-state index contributed by atoms with van der Waals surface area (Å²) in [5.41, 5.74) is 2.63. The van der Waals surface area contributed by atoms with Gasteiger partial charge in [0.05, 0.1) is 15.2 Å². The number of nitrogens with one attached hydrogen (secondary N) is 1. The molecule has 5 nitrogen and oxygen atoms in total. The highest BCUT2D eigenvalue weighted by Gasteiger charge is 2.07. The van der Waals surface area contributed by atoms with E-state index in [4.69, 9.17) is 0 Å². The first kappa shape index (κ1) is 13.1. The van der Waals surface area contributed by atoms with Gasteiger partial charge in [-0.1, -0.05) is 23.5 Å². The van der Waals surface area contributed by atoms with E-state index in [1.54, 1.807) is 16.8 Å². The van der Waals surface area contributed by atoms with Crippen molar-refractivity contribution in [3.8, 4) is 0 Å². The highest BCUT2D eigenvalue weighted by molar-refractivity contribution is 7.18. The Balaban J connectivity index is 1.51. The number of hydrogen-bond donors (Lipinski definition) is 1. The van der Waals surface area contributed by atoms with Gasteiger partial charge in [0.2, 0.25) is 11.0 Å². The molecule has 2 aromatic heterocycles. The Hall–Kier alpha value is -1.86. The van der Waals surface area contributed by atoms with E-state index in [0.717, 1.165) is 23.4 Å². The molecule has 0 aliphatic rings. The van der Waals surface area contributed by atoms with Crippen LogP contribution in [-0.2, 0) is 11.2 Å². The highest BCUT2D eigenvalue weighted by Crippen LogP contribution is 2.22. The van der Waals surface area contributed by atoms with Gasteiger partial charge in [0.1, 0.15) is 5.51 Å². The average molecular weight is 304 g/mol. The number of rotatable bonds is 5. The van der Waals surface area contributed by atoms with Crippen LogP contribution in [-0.4, -0.2) is 21.1 Å². The molecule has 0 aliphatic carbocycles. The van der Waals surface area contributed by atoms with Crippen molar-refractivity contribution >= 4 is 43.9 Å². The largest absolute Gasteiger partial charge is 0.301 e. The zero-order valence-electron chi connectivity index (χ0n) is 10.6. The van der Waals surface area contributed by atoms with Gasteiger partial charge in [-0.2, -0.15) is 0 Å². The maximum atomic E-state index is 11.7. The Morgan fingerprint density at radius 1 is 1.30 bits per heavy atom. The van der Waals surface area contributed by atoms with Crippen molar-refractivity contribution in [2.45, 2.75) is 19.3 Å². The van der Waals surface area contributed by atoms with E-state index in [1.165, 1.54) is 16.0 Å². The van der Waals surface area contributed by atoms with Crippen molar-refractivity contribution in [2.24, 2.45) is 0 Å². The van der Waals surface area contributed by atoms with E-state index in [9.17, 15) is 4.79 Å². The number of aromatic nitrogens is 3. The number of fused-ring (bicyclic) bond motifs is 1. The lowest BCUT2D eigenvalue weighted by atomic mass is 10.2. The van der Waals surface area contributed by atoms with Crippen LogP contribution >= 0.6 is 22.7 Å². The molecule has 1 amide bonds. The van der Waals surface area contributed by atoms with E-state index < -0.39 is 0 Å². The molecular weight excluding hydrogens is 292 g/mol. The Bertz CT molecular complexity index is 675. The second-order valence-electron chi connectivity index (χ2n) is 4.22. The van der Waals surface area contributed by atoms with Gasteiger partial charge in [-0.3, -0.25) is 4.79 Å². The number of nitrogens with zero attached hydrogens (tertiary/aromatic N) is 3. The normalized spacial score (nSPS) is 10.8. The van der Waals surface area contributed by atoms with Crippen molar-refractivity contribution in [1.82, 2.24) is 15.2 Å². The Labute approximate surface area is 123 Å². The number of anilines is 1. The second-order valence-corrected chi connectivity index (χ2v) is 6.17. The molecule has 0 fully saturated rings. The third kappa shape index (κ3) is 3.17. The minimum absolute atomic E-state index is 0.0251. The molecule has 0 radical (unpaired) electrons. The fourth-order valence-electron chi connectivity index (χ4n) is 1.84. The van der Waals surface area contributed by atoms with Crippen molar-refractivity contribution in [1.29, 1.82) is 0 Å². The van der Waals surface area contributed by atoms with Crippen LogP contribution in [0.2, 0.25) is 0 Å². The maximum absolute atomic E-state index is 11.7. The smallest absolute Gasteiger partial charge is 0.226 e. The molecule has 0 atom stereocenters. The quantitative estimate of drug-likeness (QED) is 0.786. The molecule has 102 valence electrons. The zero-order valence-corrected chi connectivity index (χ0v) is 12.2. The van der Waals surface area contributed by atoms with E-state index in [2.05, 4.69) is 26.6 Å². The fourth-order valence-corrected chi connectivity index (χ4v) is 3.31. The van der Waals surface area contributed by atoms with Gasteiger partial charge in [0.25, 0.3) is 0 Å². The minimum Gasteiger partial charge on any atom is -0.301 e. The summed E-state index contributed by atoms with van der Waals surface area (Å²) in [4.78, 5) is 16.2. The Kier molecular flexibility index (Phi) is 3.98. The lowest BCUT2D eigenvalue weighted by Gasteiger charge is -1.99. The van der Waals surface area contributed by atoms with Crippen molar-refractivity contribution in [3.05, 3.63) is 34.8 Å². The number of thiazole rings is 1. The van der Waals surface area contributed by atoms with Crippen LogP contribution < -0.4 is 5.32 Å². The lowest BCUT2D eigenvalue weighted by Crippen LogP contribution is -2.11. The molecule has 20 heavy (non-hydrogen) atoms. The minimum atomic E-state index is -0.0251. The predicted octanol–water partition coefficient (Wildman–Crippen LogP) is 3.11. The summed E-state index contributed by atoms with van der Waals surface area (Å²) < 4.78 is 1.20. The number of benzene rings is 1. The monoisotopic (exact) mass is 304 g/mol. The molecule has 0 saturated heterocycles. The van der Waals surface area contributed by atoms with Crippen LogP contribution in [0.1, 0.15) is 17.8 Å². The van der Waals surface area contributed by atoms with Crippen LogP contribution in [0.5, 0.6) is 0 Å². The van der Waals surface area contributed by atoms with Crippen LogP contribution in [0.15, 0.2) is 29.8 Å². The zero-order chi connectivity index (χ0) is 13.8. The molecule has 2 heterocycles. The summed E-state index contributed by atoms with van der Waals surface area (Å²) in [6.45, 7) is 0. The summed E-state index contributed by atoms with van der Waals surface area (Å²) in [6.07, 6.45) is 2.07. The molecule has 0 spiro atoms. The van der Waals surface area contributed by atoms with E-state index >= 15 is 0 Å². The van der Waals surface area contributed by atoms with Gasteiger partial charge in [-0.05, 0) is 25.0 Å². The molecule has 3 rings (SSSR count). The topological polar surface area (TPSA) is 67.8 Å². The standard InChI is InChI=1S/C13H12N4OS2/c18-11(16-13-17-14-8-19-13)6-3-7-12-15-9-4-1-2-5-10(9)20-12/h1-2,4-5,8H,3,6-7H2,(H,16,17,18). The first-order chi connectivity index (χ1) is 9.81. The van der Waals surface area contributed by atoms with Crippen LogP contribution in [0.25, 0.3) is 10.2 Å². The molecule has 0 bridgehead atoms. The summed E-state index contributed by atoms with van der Waals surface area (Å²) in [7, 11) is 0. The van der Waals surface area contributed by atoms with Gasteiger partial charge in [0.15, 0.2) is 0 Å². The fraction of sp³-hybridized carbons (Fsp3) is 0.231. The Morgan fingerprint density at radius 3 is 3.00 bits per heavy atom. The van der Waals surface area contributed by atoms with E-state index in [-0.39, 0.29) is 5.91 Å². The van der Waals surface area contributed by atoms with Gasteiger partial charge in [-0.15, -0.1) is 21.5 Å². The first-order valence-electron chi connectivity index (χ1n) is 6.22. The molecule has 0 saturated carbocycles. The second kappa shape index (κ2) is 6.06. The van der Waals surface area contributed by atoms with Crippen LogP contribution in [0, 0.1) is 0 Å². The van der Waals surface area contributed by atoms with Crippen molar-refractivity contribution in [2.75, 3.05) is 5.32 Å². The summed E-state index contributed by atoms with van der Waals surface area (Å²) in [5, 5.41) is 11.8. The molecule has 0 unspecified atom stereocenters. The molecule has 3 aromatic rings. The molecular formula is C13H12N4OS2. The predicted molar refractivity (Wildman–Crippen MR) is 81.1 cm³/mol. The molecule has 1 N–H and O–H groups in total. The molecule has 0 aliphatic heterocycles. The summed E-state index contributed by atoms with van der Waals surface area (Å²) in [5.74, 6) is -0.0251. The third-order valence-electron chi connectivity index (χ3n) is 2.74. The Morgan fingerprint density at radius 2 is 2.20 bits per heavy atom. The number of aryl methyl sites for hydroxylation is 1.